The summed E-state index contributed by atoms with van der Waals surface area (Å²) in [6.07, 6.45) is 0. The monoisotopic (exact) mass is 519 g/mol. The number of benzene rings is 1. The Bertz CT molecular complexity index is 1010. The molecule has 2 heterocycles. The molecule has 0 spiro atoms. The maximum absolute atomic E-state index is 12.4. The van der Waals surface area contributed by atoms with Gasteiger partial charge in [0.1, 0.15) is 0 Å². The molecule has 3 aromatic rings. The minimum Gasteiger partial charge on any atom is -0.298 e. The fraction of sp³-hybridized carbons (Fsp3) is 0.536. The molecule has 2 aromatic heterocycles. The van der Waals surface area contributed by atoms with E-state index in [4.69, 9.17) is 0 Å². The van der Waals surface area contributed by atoms with E-state index in [0.717, 1.165) is 21.7 Å². The van der Waals surface area contributed by atoms with Crippen molar-refractivity contribution < 1.29 is 9.59 Å². The number of likely N-dealkylation sites (N-methyl/N-ethyl adjacent to an activating group) is 2. The Kier molecular flexibility index (Phi) is 15.8. The predicted octanol–water partition coefficient (Wildman–Crippen LogP) is 7.42. The minimum atomic E-state index is -0.189. The zero-order valence-corrected chi connectivity index (χ0v) is 25.3. The summed E-state index contributed by atoms with van der Waals surface area (Å²) in [6, 6.07) is 7.90. The molecule has 0 fully saturated rings. The van der Waals surface area contributed by atoms with Gasteiger partial charge in [-0.15, -0.1) is 11.3 Å². The molecule has 7 heteroatoms. The Morgan fingerprint density at radius 1 is 0.886 bits per heavy atom. The molecular weight excluding hydrogens is 474 g/mol. The zero-order chi connectivity index (χ0) is 27.3. The molecule has 0 aliphatic heterocycles. The second kappa shape index (κ2) is 16.7. The van der Waals surface area contributed by atoms with Gasteiger partial charge in [-0.05, 0) is 82.1 Å². The topological polar surface area (TPSA) is 53.5 Å². The number of ketones is 2. The van der Waals surface area contributed by atoms with Gasteiger partial charge in [0.15, 0.2) is 11.6 Å². The maximum Gasteiger partial charge on any atom is 0.156 e. The van der Waals surface area contributed by atoms with Crippen LogP contribution in [0.15, 0.2) is 35.0 Å². The first-order valence-corrected chi connectivity index (χ1v) is 14.0. The average Bonchev–Trinajstić information content (AvgIpc) is 3.45. The summed E-state index contributed by atoms with van der Waals surface area (Å²) in [4.78, 5) is 32.0. The largest absolute Gasteiger partial charge is 0.298 e. The van der Waals surface area contributed by atoms with Crippen LogP contribution in [0.5, 0.6) is 0 Å². The van der Waals surface area contributed by atoms with E-state index in [9.17, 15) is 9.59 Å². The Labute approximate surface area is 221 Å². The van der Waals surface area contributed by atoms with Crippen molar-refractivity contribution in [3.63, 3.8) is 0 Å². The number of thiazole rings is 1. The lowest BCUT2D eigenvalue weighted by Gasteiger charge is -2.25. The van der Waals surface area contributed by atoms with Crippen molar-refractivity contribution in [2.45, 2.75) is 67.5 Å². The first kappa shape index (κ1) is 33.1. The highest BCUT2D eigenvalue weighted by molar-refractivity contribution is 7.18. The molecule has 0 saturated carbocycles. The van der Waals surface area contributed by atoms with Crippen molar-refractivity contribution in [3.8, 4) is 0 Å². The van der Waals surface area contributed by atoms with Crippen molar-refractivity contribution in [2.75, 3.05) is 28.2 Å². The van der Waals surface area contributed by atoms with Gasteiger partial charge in [0.2, 0.25) is 0 Å². The van der Waals surface area contributed by atoms with Crippen molar-refractivity contribution in [1.82, 2.24) is 14.8 Å². The van der Waals surface area contributed by atoms with Crippen LogP contribution in [0, 0.1) is 12.8 Å². The van der Waals surface area contributed by atoms with Crippen molar-refractivity contribution in [1.29, 1.82) is 0 Å². The van der Waals surface area contributed by atoms with Crippen molar-refractivity contribution in [2.24, 2.45) is 5.92 Å². The molecule has 196 valence electrons. The van der Waals surface area contributed by atoms with Crippen LogP contribution in [-0.4, -0.2) is 54.5 Å². The third-order valence-corrected chi connectivity index (χ3v) is 6.60. The highest BCUT2D eigenvalue weighted by Crippen LogP contribution is 2.28. The van der Waals surface area contributed by atoms with Crippen LogP contribution >= 0.6 is 22.7 Å². The molecule has 5 nitrogen and oxygen atoms in total. The molecule has 0 aliphatic rings. The molecule has 0 saturated heterocycles. The maximum atomic E-state index is 12.4. The van der Waals surface area contributed by atoms with Crippen LogP contribution in [-0.2, 0) is 9.59 Å². The van der Waals surface area contributed by atoms with E-state index in [0.29, 0.717) is 0 Å². The normalized spacial score (nSPS) is 12.2. The Hall–Kier alpha value is -1.93. The number of hydrogen-bond donors (Lipinski definition) is 0. The summed E-state index contributed by atoms with van der Waals surface area (Å²) in [7, 11) is 7.73. The quantitative estimate of drug-likeness (QED) is 0.325. The summed E-state index contributed by atoms with van der Waals surface area (Å²) in [6.45, 7) is 15.5. The molecule has 2 unspecified atom stereocenters. The van der Waals surface area contributed by atoms with Gasteiger partial charge in [-0.2, -0.15) is 11.3 Å². The fourth-order valence-electron chi connectivity index (χ4n) is 3.59. The molecule has 1 aromatic carbocycles. The van der Waals surface area contributed by atoms with Gasteiger partial charge in [0.05, 0.1) is 27.3 Å². The lowest BCUT2D eigenvalue weighted by Crippen LogP contribution is -2.30. The van der Waals surface area contributed by atoms with Crippen LogP contribution in [0.3, 0.4) is 0 Å². The molecule has 0 aliphatic carbocycles. The third-order valence-electron chi connectivity index (χ3n) is 4.95. The Morgan fingerprint density at radius 2 is 1.46 bits per heavy atom. The van der Waals surface area contributed by atoms with E-state index in [1.165, 1.54) is 4.70 Å². The van der Waals surface area contributed by atoms with Crippen LogP contribution in [0.25, 0.3) is 10.2 Å². The predicted molar refractivity (Wildman–Crippen MR) is 155 cm³/mol. The summed E-state index contributed by atoms with van der Waals surface area (Å²) in [5, 5.41) is 5.07. The number of Topliss-reactive ketones (excluding diaryl/α,β-unsaturated/α-hetero) is 2. The van der Waals surface area contributed by atoms with Crippen LogP contribution < -0.4 is 0 Å². The number of rotatable bonds is 7. The smallest absolute Gasteiger partial charge is 0.156 e. The second-order valence-corrected chi connectivity index (χ2v) is 10.4. The summed E-state index contributed by atoms with van der Waals surface area (Å²) >= 11 is 3.31. The minimum absolute atomic E-state index is 0.0280. The molecule has 0 N–H and O–H groups in total. The SMILES string of the molecule is CC.CC.CC(=O)C(c1ccsc1)N(C)C.Cc1nc2cc(C(C(=O)C(C)C)N(C)C)ccc2s1. The molecule has 2 atom stereocenters. The van der Waals surface area contributed by atoms with Gasteiger partial charge in [-0.1, -0.05) is 47.6 Å². The van der Waals surface area contributed by atoms with E-state index in [1.807, 2.05) is 115 Å². The standard InChI is InChI=1S/C15H20N2OS.C9H13NOS.2C2H6/c1-9(2)15(18)14(17(4)5)11-6-7-13-12(8-11)16-10(3)19-13;1-7(11)9(10(2)3)8-4-5-12-6-8;2*1-2/h6-9,14H,1-5H3;4-6,9H,1-3H3;2*1-2H3. The number of carbonyl (C=O) groups is 2. The summed E-state index contributed by atoms with van der Waals surface area (Å²) in [5.74, 6) is 0.468. The summed E-state index contributed by atoms with van der Waals surface area (Å²) in [5.41, 5.74) is 3.11. The lowest BCUT2D eigenvalue weighted by molar-refractivity contribution is -0.126. The third kappa shape index (κ3) is 9.92. The van der Waals surface area contributed by atoms with Gasteiger partial charge in [0, 0.05) is 5.92 Å². The van der Waals surface area contributed by atoms with E-state index in [-0.39, 0.29) is 29.6 Å². The fourth-order valence-corrected chi connectivity index (χ4v) is 5.08. The molecular formula is C28H45N3O2S2. The number of fused-ring (bicyclic) bond motifs is 1. The van der Waals surface area contributed by atoms with E-state index >= 15 is 0 Å². The van der Waals surface area contributed by atoms with Gasteiger partial charge >= 0.3 is 0 Å². The van der Waals surface area contributed by atoms with Gasteiger partial charge in [0.25, 0.3) is 0 Å². The summed E-state index contributed by atoms with van der Waals surface area (Å²) < 4.78 is 1.18. The number of carbonyl (C=O) groups excluding carboxylic acids is 2. The van der Waals surface area contributed by atoms with Gasteiger partial charge in [-0.25, -0.2) is 4.98 Å². The average molecular weight is 520 g/mol. The second-order valence-electron chi connectivity index (χ2n) is 8.42. The van der Waals surface area contributed by atoms with E-state index in [2.05, 4.69) is 11.1 Å². The van der Waals surface area contributed by atoms with Crippen LogP contribution in [0.2, 0.25) is 0 Å². The molecule has 3 rings (SSSR count). The zero-order valence-electron chi connectivity index (χ0n) is 23.7. The van der Waals surface area contributed by atoms with Crippen LogP contribution in [0.1, 0.15) is 76.7 Å². The number of hydrogen-bond acceptors (Lipinski definition) is 7. The highest BCUT2D eigenvalue weighted by atomic mass is 32.1. The number of thiophene rings is 1. The van der Waals surface area contributed by atoms with E-state index in [1.54, 1.807) is 29.6 Å². The number of aromatic nitrogens is 1. The van der Waals surface area contributed by atoms with Crippen molar-refractivity contribution in [3.05, 3.63) is 51.2 Å². The Morgan fingerprint density at radius 3 is 1.89 bits per heavy atom. The lowest BCUT2D eigenvalue weighted by atomic mass is 9.94. The first-order valence-electron chi connectivity index (χ1n) is 12.3. The molecule has 35 heavy (non-hydrogen) atoms. The first-order chi connectivity index (χ1) is 16.5. The Balaban J connectivity index is 0.000000623. The molecule has 0 bridgehead atoms. The highest BCUT2D eigenvalue weighted by Gasteiger charge is 2.25. The van der Waals surface area contributed by atoms with Gasteiger partial charge in [-0.3, -0.25) is 19.4 Å². The number of nitrogens with zero attached hydrogens (tertiary/aromatic N) is 3. The molecule has 0 amide bonds. The van der Waals surface area contributed by atoms with Crippen molar-refractivity contribution >= 4 is 44.5 Å². The van der Waals surface area contributed by atoms with Gasteiger partial charge < -0.3 is 0 Å². The van der Waals surface area contributed by atoms with Crippen LogP contribution in [0.4, 0.5) is 0 Å². The molecule has 0 radical (unpaired) electrons. The van der Waals surface area contributed by atoms with E-state index < -0.39 is 0 Å². The number of aryl methyl sites for hydroxylation is 1.